The lowest BCUT2D eigenvalue weighted by Crippen LogP contribution is -2.48. The third-order valence-electron chi connectivity index (χ3n) is 2.87. The molecule has 0 saturated carbocycles. The highest BCUT2D eigenvalue weighted by Gasteiger charge is 2.30. The molecule has 0 aliphatic rings. The fourth-order valence-corrected chi connectivity index (χ4v) is 1.52. The Hall–Kier alpha value is -2.04. The normalized spacial score (nSPS) is 10.9. The van der Waals surface area contributed by atoms with E-state index in [0.29, 0.717) is 5.75 Å². The van der Waals surface area contributed by atoms with Crippen molar-refractivity contribution in [2.45, 2.75) is 33.3 Å². The van der Waals surface area contributed by atoms with Gasteiger partial charge in [0, 0.05) is 0 Å². The van der Waals surface area contributed by atoms with Gasteiger partial charge in [-0.05, 0) is 44.9 Å². The predicted octanol–water partition coefficient (Wildman–Crippen LogP) is 1.66. The molecule has 1 aromatic carbocycles. The lowest BCUT2D eigenvalue weighted by molar-refractivity contribution is -0.141. The first kappa shape index (κ1) is 15.0. The molecular weight excluding hydrogens is 246 g/mol. The van der Waals surface area contributed by atoms with Gasteiger partial charge in [-0.25, -0.2) is 0 Å². The SMILES string of the molecule is Cc1cccc(OC(C)(C)C(=O)NCC(=O)O)c1C. The van der Waals surface area contributed by atoms with E-state index in [-0.39, 0.29) is 0 Å². The smallest absolute Gasteiger partial charge is 0.322 e. The van der Waals surface area contributed by atoms with E-state index < -0.39 is 24.0 Å². The van der Waals surface area contributed by atoms with Crippen LogP contribution >= 0.6 is 0 Å². The summed E-state index contributed by atoms with van der Waals surface area (Å²) in [5.74, 6) is -0.929. The molecule has 0 aliphatic carbocycles. The van der Waals surface area contributed by atoms with Gasteiger partial charge in [-0.15, -0.1) is 0 Å². The van der Waals surface area contributed by atoms with Gasteiger partial charge in [-0.1, -0.05) is 12.1 Å². The van der Waals surface area contributed by atoms with Crippen molar-refractivity contribution >= 4 is 11.9 Å². The maximum atomic E-state index is 11.9. The van der Waals surface area contributed by atoms with E-state index in [1.54, 1.807) is 19.9 Å². The lowest BCUT2D eigenvalue weighted by Gasteiger charge is -2.26. The highest BCUT2D eigenvalue weighted by atomic mass is 16.5. The number of carboxylic acids is 1. The Bertz CT molecular complexity index is 494. The minimum Gasteiger partial charge on any atom is -0.480 e. The van der Waals surface area contributed by atoms with Crippen LogP contribution in [0.3, 0.4) is 0 Å². The Labute approximate surface area is 112 Å². The van der Waals surface area contributed by atoms with E-state index >= 15 is 0 Å². The number of ether oxygens (including phenoxy) is 1. The van der Waals surface area contributed by atoms with Crippen molar-refractivity contribution in [2.24, 2.45) is 0 Å². The largest absolute Gasteiger partial charge is 0.480 e. The standard InChI is InChI=1S/C14H19NO4/c1-9-6-5-7-11(10(9)2)19-14(3,4)13(18)15-8-12(16)17/h5-7H,8H2,1-4H3,(H,15,18)(H,16,17). The number of benzene rings is 1. The number of amides is 1. The highest BCUT2D eigenvalue weighted by Crippen LogP contribution is 2.25. The number of hydrogen-bond donors (Lipinski definition) is 2. The zero-order valence-electron chi connectivity index (χ0n) is 11.6. The Kier molecular flexibility index (Phi) is 4.53. The van der Waals surface area contributed by atoms with Crippen molar-refractivity contribution in [1.29, 1.82) is 0 Å². The molecule has 1 rings (SSSR count). The summed E-state index contributed by atoms with van der Waals surface area (Å²) in [5.41, 5.74) is 0.898. The number of carbonyl (C=O) groups excluding carboxylic acids is 1. The Morgan fingerprint density at radius 3 is 2.53 bits per heavy atom. The molecule has 1 amide bonds. The summed E-state index contributed by atoms with van der Waals surface area (Å²) in [5, 5.41) is 10.9. The van der Waals surface area contributed by atoms with Gasteiger partial charge in [0.1, 0.15) is 12.3 Å². The van der Waals surface area contributed by atoms with Crippen LogP contribution in [0.5, 0.6) is 5.75 Å². The van der Waals surface area contributed by atoms with Gasteiger partial charge in [0.15, 0.2) is 5.60 Å². The molecule has 1 aromatic rings. The number of nitrogens with one attached hydrogen (secondary N) is 1. The van der Waals surface area contributed by atoms with Gasteiger partial charge >= 0.3 is 5.97 Å². The predicted molar refractivity (Wildman–Crippen MR) is 71.3 cm³/mol. The zero-order valence-corrected chi connectivity index (χ0v) is 11.6. The van der Waals surface area contributed by atoms with E-state index in [2.05, 4.69) is 5.32 Å². The zero-order chi connectivity index (χ0) is 14.6. The van der Waals surface area contributed by atoms with Crippen molar-refractivity contribution in [3.8, 4) is 5.75 Å². The van der Waals surface area contributed by atoms with Gasteiger partial charge in [0.05, 0.1) is 0 Å². The molecule has 5 heteroatoms. The maximum Gasteiger partial charge on any atom is 0.322 e. The molecule has 104 valence electrons. The molecule has 0 aromatic heterocycles. The summed E-state index contributed by atoms with van der Waals surface area (Å²) in [6.07, 6.45) is 0. The molecule has 19 heavy (non-hydrogen) atoms. The number of carbonyl (C=O) groups is 2. The van der Waals surface area contributed by atoms with Crippen molar-refractivity contribution in [3.05, 3.63) is 29.3 Å². The first-order valence-corrected chi connectivity index (χ1v) is 5.99. The quantitative estimate of drug-likeness (QED) is 0.849. The van der Waals surface area contributed by atoms with Crippen LogP contribution in [0.4, 0.5) is 0 Å². The van der Waals surface area contributed by atoms with Gasteiger partial charge < -0.3 is 15.2 Å². The van der Waals surface area contributed by atoms with Gasteiger partial charge in [0.2, 0.25) is 0 Å². The highest BCUT2D eigenvalue weighted by molar-refractivity contribution is 5.87. The molecule has 5 nitrogen and oxygen atoms in total. The third-order valence-corrected chi connectivity index (χ3v) is 2.87. The Morgan fingerprint density at radius 1 is 1.32 bits per heavy atom. The van der Waals surface area contributed by atoms with Crippen LogP contribution < -0.4 is 10.1 Å². The fraction of sp³-hybridized carbons (Fsp3) is 0.429. The summed E-state index contributed by atoms with van der Waals surface area (Å²) in [6.45, 7) is 6.66. The lowest BCUT2D eigenvalue weighted by atomic mass is 10.1. The molecule has 0 saturated heterocycles. The number of aliphatic carboxylic acids is 1. The van der Waals surface area contributed by atoms with Crippen LogP contribution in [0, 0.1) is 13.8 Å². The summed E-state index contributed by atoms with van der Waals surface area (Å²) in [4.78, 5) is 22.3. The van der Waals surface area contributed by atoms with Crippen molar-refractivity contribution in [1.82, 2.24) is 5.32 Å². The average molecular weight is 265 g/mol. The first-order chi connectivity index (χ1) is 8.74. The summed E-state index contributed by atoms with van der Waals surface area (Å²) in [7, 11) is 0. The molecule has 0 fully saturated rings. The topological polar surface area (TPSA) is 75.6 Å². The number of carboxylic acid groups (broad SMARTS) is 1. The summed E-state index contributed by atoms with van der Waals surface area (Å²) >= 11 is 0. The molecule has 0 spiro atoms. The van der Waals surface area contributed by atoms with Crippen LogP contribution in [-0.2, 0) is 9.59 Å². The molecule has 0 atom stereocenters. The van der Waals surface area contributed by atoms with Crippen LogP contribution in [0.2, 0.25) is 0 Å². The average Bonchev–Trinajstić information content (AvgIpc) is 2.31. The first-order valence-electron chi connectivity index (χ1n) is 5.99. The Morgan fingerprint density at radius 2 is 1.95 bits per heavy atom. The van der Waals surface area contributed by atoms with Crippen LogP contribution in [-0.4, -0.2) is 29.1 Å². The molecule has 0 unspecified atom stereocenters. The van der Waals surface area contributed by atoms with E-state index in [1.165, 1.54) is 0 Å². The molecule has 0 heterocycles. The molecular formula is C14H19NO4. The van der Waals surface area contributed by atoms with Crippen LogP contribution in [0.25, 0.3) is 0 Å². The Balaban J connectivity index is 2.81. The van der Waals surface area contributed by atoms with E-state index in [1.807, 2.05) is 26.0 Å². The molecule has 0 bridgehead atoms. The van der Waals surface area contributed by atoms with Gasteiger partial charge in [0.25, 0.3) is 5.91 Å². The molecule has 0 aliphatic heterocycles. The number of aryl methyl sites for hydroxylation is 1. The molecule has 0 radical (unpaired) electrons. The minimum atomic E-state index is -1.13. The van der Waals surface area contributed by atoms with Crippen molar-refractivity contribution in [2.75, 3.05) is 6.54 Å². The van der Waals surface area contributed by atoms with Crippen LogP contribution in [0.1, 0.15) is 25.0 Å². The second-order valence-electron chi connectivity index (χ2n) is 4.89. The monoisotopic (exact) mass is 265 g/mol. The minimum absolute atomic E-state index is 0.418. The van der Waals surface area contributed by atoms with E-state index in [0.717, 1.165) is 11.1 Å². The number of hydrogen-bond acceptors (Lipinski definition) is 3. The maximum absolute atomic E-state index is 11.9. The van der Waals surface area contributed by atoms with Gasteiger partial charge in [-0.3, -0.25) is 9.59 Å². The summed E-state index contributed by atoms with van der Waals surface area (Å²) in [6, 6.07) is 5.59. The third kappa shape index (κ3) is 3.98. The van der Waals surface area contributed by atoms with Crippen molar-refractivity contribution < 1.29 is 19.4 Å². The van der Waals surface area contributed by atoms with E-state index in [4.69, 9.17) is 9.84 Å². The molecule has 2 N–H and O–H groups in total. The number of rotatable bonds is 5. The van der Waals surface area contributed by atoms with E-state index in [9.17, 15) is 9.59 Å². The second kappa shape index (κ2) is 5.73. The van der Waals surface area contributed by atoms with Crippen molar-refractivity contribution in [3.63, 3.8) is 0 Å². The fourth-order valence-electron chi connectivity index (χ4n) is 1.52. The summed E-state index contributed by atoms with van der Waals surface area (Å²) < 4.78 is 5.70. The van der Waals surface area contributed by atoms with Crippen LogP contribution in [0.15, 0.2) is 18.2 Å². The second-order valence-corrected chi connectivity index (χ2v) is 4.89. The van der Waals surface area contributed by atoms with Gasteiger partial charge in [-0.2, -0.15) is 0 Å².